The highest BCUT2D eigenvalue weighted by Crippen LogP contribution is 2.33. The van der Waals surface area contributed by atoms with E-state index in [2.05, 4.69) is 20.2 Å². The highest BCUT2D eigenvalue weighted by molar-refractivity contribution is 5.87. The average molecular weight is 464 g/mol. The lowest BCUT2D eigenvalue weighted by Gasteiger charge is -2.34. The minimum Gasteiger partial charge on any atom is -0.452 e. The summed E-state index contributed by atoms with van der Waals surface area (Å²) in [5, 5.41) is 5.18. The van der Waals surface area contributed by atoms with Gasteiger partial charge in [-0.15, -0.1) is 0 Å². The number of carbonyl (C=O) groups is 1. The summed E-state index contributed by atoms with van der Waals surface area (Å²) < 4.78 is 15.9. The van der Waals surface area contributed by atoms with Gasteiger partial charge in [0.2, 0.25) is 0 Å². The molecule has 1 aliphatic heterocycles. The van der Waals surface area contributed by atoms with Crippen LogP contribution in [0.25, 0.3) is 11.0 Å². The number of para-hydroxylation sites is 1. The van der Waals surface area contributed by atoms with Crippen LogP contribution in [-0.4, -0.2) is 56.7 Å². The van der Waals surface area contributed by atoms with Crippen LogP contribution in [0.15, 0.2) is 75.0 Å². The molecule has 0 saturated carbocycles. The number of fused-ring (bicyclic) bond motifs is 1. The molecule has 2 unspecified atom stereocenters. The van der Waals surface area contributed by atoms with E-state index in [-0.39, 0.29) is 17.5 Å². The van der Waals surface area contributed by atoms with Crippen LogP contribution in [0.4, 0.5) is 4.79 Å². The van der Waals surface area contributed by atoms with Crippen molar-refractivity contribution in [2.24, 2.45) is 11.0 Å². The molecule has 1 amide bonds. The molecular formula is C26H29N3O5. The fourth-order valence-electron chi connectivity index (χ4n) is 4.39. The van der Waals surface area contributed by atoms with Crippen LogP contribution in [0.2, 0.25) is 0 Å². The molecule has 1 fully saturated rings. The number of hydrogen-bond donors (Lipinski definition) is 1. The minimum atomic E-state index is -0.647. The molecule has 0 aliphatic carbocycles. The molecule has 1 aromatic heterocycles. The smallest absolute Gasteiger partial charge is 0.427 e. The van der Waals surface area contributed by atoms with E-state index in [1.54, 1.807) is 6.07 Å². The number of ether oxygens (including phenoxy) is 2. The van der Waals surface area contributed by atoms with E-state index in [0.717, 1.165) is 24.0 Å². The number of carbonyl (C=O) groups excluding carboxylic acids is 1. The van der Waals surface area contributed by atoms with Crippen LogP contribution < -0.4 is 11.1 Å². The van der Waals surface area contributed by atoms with E-state index in [4.69, 9.17) is 9.15 Å². The predicted molar refractivity (Wildman–Crippen MR) is 130 cm³/mol. The summed E-state index contributed by atoms with van der Waals surface area (Å²) in [4.78, 5) is 27.3. The summed E-state index contributed by atoms with van der Waals surface area (Å²) >= 11 is 0. The first kappa shape index (κ1) is 23.7. The first-order valence-corrected chi connectivity index (χ1v) is 11.3. The van der Waals surface area contributed by atoms with Crippen LogP contribution in [0.1, 0.15) is 24.0 Å². The zero-order chi connectivity index (χ0) is 23.9. The lowest BCUT2D eigenvalue weighted by molar-refractivity contribution is 0.0335. The van der Waals surface area contributed by atoms with Gasteiger partial charge < -0.3 is 13.9 Å². The van der Waals surface area contributed by atoms with Crippen LogP contribution in [-0.2, 0) is 9.47 Å². The van der Waals surface area contributed by atoms with Crippen LogP contribution in [0, 0.1) is 5.92 Å². The van der Waals surface area contributed by atoms with Gasteiger partial charge in [0.1, 0.15) is 5.58 Å². The summed E-state index contributed by atoms with van der Waals surface area (Å²) in [6, 6.07) is 19.3. The average Bonchev–Trinajstić information content (AvgIpc) is 2.88. The van der Waals surface area contributed by atoms with Crippen molar-refractivity contribution >= 4 is 22.8 Å². The van der Waals surface area contributed by atoms with Crippen molar-refractivity contribution in [3.05, 3.63) is 82.2 Å². The predicted octanol–water partition coefficient (Wildman–Crippen LogP) is 3.61. The Balaban J connectivity index is 1.83. The molecule has 2 atom stereocenters. The topological polar surface area (TPSA) is 93.4 Å². The fraction of sp³-hybridized carbons (Fsp3) is 0.346. The van der Waals surface area contributed by atoms with Crippen LogP contribution >= 0.6 is 0 Å². The molecule has 2 aromatic carbocycles. The Hall–Kier alpha value is -3.49. The minimum absolute atomic E-state index is 0.221. The molecule has 1 saturated heterocycles. The third-order valence-corrected chi connectivity index (χ3v) is 6.17. The highest BCUT2D eigenvalue weighted by atomic mass is 16.5. The second kappa shape index (κ2) is 11.1. The Bertz CT molecular complexity index is 1200. The third-order valence-electron chi connectivity index (χ3n) is 6.17. The molecule has 3 aromatic rings. The number of hydrazone groups is 1. The van der Waals surface area contributed by atoms with Crippen LogP contribution in [0.3, 0.4) is 0 Å². The first-order valence-electron chi connectivity index (χ1n) is 11.3. The number of methoxy groups -OCH3 is 1. The lowest BCUT2D eigenvalue weighted by atomic mass is 9.78. The molecule has 1 N–H and O–H groups in total. The number of hydrogen-bond acceptors (Lipinski definition) is 7. The molecule has 4 rings (SSSR count). The summed E-state index contributed by atoms with van der Waals surface area (Å²) in [7, 11) is 1.29. The quantitative estimate of drug-likeness (QED) is 0.327. The zero-order valence-electron chi connectivity index (χ0n) is 19.4. The van der Waals surface area contributed by atoms with Gasteiger partial charge in [0.25, 0.3) is 0 Å². The largest absolute Gasteiger partial charge is 0.452 e. The number of nitrogens with zero attached hydrogens (tertiary/aromatic N) is 2. The molecule has 0 radical (unpaired) electrons. The van der Waals surface area contributed by atoms with E-state index < -0.39 is 6.09 Å². The Labute approximate surface area is 198 Å². The van der Waals surface area contributed by atoms with Gasteiger partial charge >= 0.3 is 11.7 Å². The third kappa shape index (κ3) is 5.52. The molecule has 0 bridgehead atoms. The van der Waals surface area contributed by atoms with E-state index in [0.29, 0.717) is 36.6 Å². The molecule has 34 heavy (non-hydrogen) atoms. The Morgan fingerprint density at radius 2 is 1.82 bits per heavy atom. The summed E-state index contributed by atoms with van der Waals surface area (Å²) in [6.07, 6.45) is -0.647. The van der Waals surface area contributed by atoms with Crippen molar-refractivity contribution in [2.45, 2.75) is 12.8 Å². The first-order chi connectivity index (χ1) is 16.6. The lowest BCUT2D eigenvalue weighted by Crippen LogP contribution is -2.43. The van der Waals surface area contributed by atoms with Gasteiger partial charge in [0, 0.05) is 48.1 Å². The Morgan fingerprint density at radius 1 is 1.12 bits per heavy atom. The van der Waals surface area contributed by atoms with Crippen molar-refractivity contribution < 1.29 is 18.7 Å². The molecule has 1 aliphatic rings. The van der Waals surface area contributed by atoms with Gasteiger partial charge in [-0.2, -0.15) is 5.10 Å². The van der Waals surface area contributed by atoms with Gasteiger partial charge in [0.15, 0.2) is 0 Å². The number of benzene rings is 2. The summed E-state index contributed by atoms with van der Waals surface area (Å²) in [5.74, 6) is -0.560. The van der Waals surface area contributed by atoms with Gasteiger partial charge in [-0.25, -0.2) is 15.0 Å². The molecule has 178 valence electrons. The Morgan fingerprint density at radius 3 is 2.56 bits per heavy atom. The van der Waals surface area contributed by atoms with E-state index in [1.165, 1.54) is 7.11 Å². The molecule has 0 spiro atoms. The maximum Gasteiger partial charge on any atom is 0.427 e. The second-order valence-electron chi connectivity index (χ2n) is 8.29. The van der Waals surface area contributed by atoms with Gasteiger partial charge in [-0.05, 0) is 24.6 Å². The van der Waals surface area contributed by atoms with E-state index in [1.807, 2.05) is 61.5 Å². The number of rotatable bonds is 7. The maximum atomic E-state index is 13.2. The fourth-order valence-corrected chi connectivity index (χ4v) is 4.39. The van der Waals surface area contributed by atoms with Crippen molar-refractivity contribution in [1.82, 2.24) is 10.3 Å². The normalized spacial score (nSPS) is 16.7. The molecular weight excluding hydrogens is 434 g/mol. The maximum absolute atomic E-state index is 13.2. The van der Waals surface area contributed by atoms with Crippen molar-refractivity contribution in [2.75, 3.05) is 40.0 Å². The SMILES string of the molecule is COC(=O)N/N=C(\C)C(CN1CCOCC1)C(c1ccccc1)c1cc2ccccc2oc1=O. The summed E-state index contributed by atoms with van der Waals surface area (Å²) in [5.41, 5.74) is 4.80. The van der Waals surface area contributed by atoms with Crippen LogP contribution in [0.5, 0.6) is 0 Å². The zero-order valence-corrected chi connectivity index (χ0v) is 19.4. The van der Waals surface area contributed by atoms with Crippen molar-refractivity contribution in [1.29, 1.82) is 0 Å². The van der Waals surface area contributed by atoms with E-state index in [9.17, 15) is 9.59 Å². The number of amides is 1. The van der Waals surface area contributed by atoms with Gasteiger partial charge in [-0.1, -0.05) is 48.5 Å². The van der Waals surface area contributed by atoms with Crippen molar-refractivity contribution in [3.63, 3.8) is 0 Å². The number of morpholine rings is 1. The number of nitrogens with one attached hydrogen (secondary N) is 1. The molecule has 8 heteroatoms. The van der Waals surface area contributed by atoms with Crippen molar-refractivity contribution in [3.8, 4) is 0 Å². The second-order valence-corrected chi connectivity index (χ2v) is 8.29. The molecule has 2 heterocycles. The van der Waals surface area contributed by atoms with E-state index >= 15 is 0 Å². The molecule has 8 nitrogen and oxygen atoms in total. The highest BCUT2D eigenvalue weighted by Gasteiger charge is 2.32. The van der Waals surface area contributed by atoms with Gasteiger partial charge in [-0.3, -0.25) is 4.90 Å². The summed E-state index contributed by atoms with van der Waals surface area (Å²) in [6.45, 7) is 5.35. The standard InChI is InChI=1S/C26H29N3O5/c1-18(27-28-26(31)32-2)22(17-29-12-14-33-15-13-29)24(19-8-4-3-5-9-19)21-16-20-10-6-7-11-23(20)34-25(21)30/h3-11,16,22,24H,12-15,17H2,1-2H3,(H,28,31)/b27-18+. The Kier molecular flexibility index (Phi) is 7.72. The van der Waals surface area contributed by atoms with Gasteiger partial charge in [0.05, 0.1) is 20.3 Å². The monoisotopic (exact) mass is 463 g/mol.